The number of benzene rings is 1. The molecule has 1 amide bonds. The number of nitrogens with one attached hydrogen (secondary N) is 1. The zero-order valence-corrected chi connectivity index (χ0v) is 13.2. The van der Waals surface area contributed by atoms with Crippen LogP contribution in [-0.2, 0) is 10.2 Å². The Balaban J connectivity index is 2.11. The van der Waals surface area contributed by atoms with Crippen LogP contribution in [0.5, 0.6) is 0 Å². The molecule has 0 saturated carbocycles. The Kier molecular flexibility index (Phi) is 5.49. The number of amides is 1. The lowest BCUT2D eigenvalue weighted by atomic mass is 9.72. The van der Waals surface area contributed by atoms with Crippen molar-refractivity contribution in [2.45, 2.75) is 18.3 Å². The third-order valence-electron chi connectivity index (χ3n) is 4.23. The fourth-order valence-electron chi connectivity index (χ4n) is 2.86. The number of piperidine rings is 1. The Bertz CT molecular complexity index is 427. The van der Waals surface area contributed by atoms with Crippen molar-refractivity contribution in [2.75, 3.05) is 38.7 Å². The Morgan fingerprint density at radius 1 is 1.30 bits per heavy atom. The number of hydrogen-bond acceptors (Lipinski definition) is 3. The number of carbonyl (C=O) groups excluding carboxylic acids is 1. The zero-order chi connectivity index (χ0) is 14.4. The lowest BCUT2D eigenvalue weighted by molar-refractivity contribution is -0.118. The van der Waals surface area contributed by atoms with Gasteiger partial charge in [0.1, 0.15) is 0 Å². The molecule has 0 aliphatic carbocycles. The molecule has 2 rings (SSSR count). The van der Waals surface area contributed by atoms with Gasteiger partial charge in [-0.05, 0) is 44.8 Å². The molecule has 20 heavy (non-hydrogen) atoms. The molecule has 4 heteroatoms. The van der Waals surface area contributed by atoms with E-state index in [4.69, 9.17) is 0 Å². The highest BCUT2D eigenvalue weighted by molar-refractivity contribution is 7.99. The normalized spacial score (nSPS) is 18.7. The molecular weight excluding hydrogens is 268 g/mol. The largest absolute Gasteiger partial charge is 0.354 e. The lowest BCUT2D eigenvalue weighted by Gasteiger charge is -2.41. The third-order valence-corrected chi connectivity index (χ3v) is 4.78. The summed E-state index contributed by atoms with van der Waals surface area (Å²) in [6.07, 6.45) is 4.17. The molecule has 0 atom stereocenters. The topological polar surface area (TPSA) is 32.3 Å². The van der Waals surface area contributed by atoms with E-state index in [9.17, 15) is 4.79 Å². The van der Waals surface area contributed by atoms with Crippen molar-refractivity contribution in [3.8, 4) is 0 Å². The number of nitrogens with zero attached hydrogens (tertiary/aromatic N) is 1. The van der Waals surface area contributed by atoms with Gasteiger partial charge in [-0.3, -0.25) is 4.79 Å². The SMILES string of the molecule is CSCC(=O)NCC1(c2ccccc2)CCN(C)CC1. The van der Waals surface area contributed by atoms with E-state index in [0.717, 1.165) is 32.5 Å². The Morgan fingerprint density at radius 2 is 1.95 bits per heavy atom. The minimum atomic E-state index is 0.0990. The summed E-state index contributed by atoms with van der Waals surface area (Å²) in [5.41, 5.74) is 1.46. The molecule has 0 bridgehead atoms. The first-order valence-electron chi connectivity index (χ1n) is 7.16. The lowest BCUT2D eigenvalue weighted by Crippen LogP contribution is -2.48. The van der Waals surface area contributed by atoms with Gasteiger partial charge in [0.25, 0.3) is 0 Å². The predicted molar refractivity (Wildman–Crippen MR) is 86.2 cm³/mol. The number of carbonyl (C=O) groups is 1. The number of rotatable bonds is 5. The van der Waals surface area contributed by atoms with Crippen molar-refractivity contribution in [3.05, 3.63) is 35.9 Å². The zero-order valence-electron chi connectivity index (χ0n) is 12.4. The first-order valence-corrected chi connectivity index (χ1v) is 8.55. The second-order valence-electron chi connectivity index (χ2n) is 5.66. The third kappa shape index (κ3) is 3.76. The average molecular weight is 292 g/mol. The second-order valence-corrected chi connectivity index (χ2v) is 6.53. The molecule has 1 fully saturated rings. The first kappa shape index (κ1) is 15.4. The van der Waals surface area contributed by atoms with Crippen molar-refractivity contribution >= 4 is 17.7 Å². The van der Waals surface area contributed by atoms with Gasteiger partial charge in [0.2, 0.25) is 5.91 Å². The van der Waals surface area contributed by atoms with Crippen LogP contribution in [0.2, 0.25) is 0 Å². The standard InChI is InChI=1S/C16H24N2OS/c1-18-10-8-16(9-11-18,13-17-15(19)12-20-2)14-6-4-3-5-7-14/h3-7H,8-13H2,1-2H3,(H,17,19). The fraction of sp³-hybridized carbons (Fsp3) is 0.562. The summed E-state index contributed by atoms with van der Waals surface area (Å²) in [5.74, 6) is 0.692. The maximum absolute atomic E-state index is 11.8. The van der Waals surface area contributed by atoms with E-state index in [1.165, 1.54) is 5.56 Å². The van der Waals surface area contributed by atoms with Crippen molar-refractivity contribution in [1.29, 1.82) is 0 Å². The molecule has 1 aromatic rings. The molecule has 110 valence electrons. The summed E-state index contributed by atoms with van der Waals surface area (Å²) < 4.78 is 0. The molecule has 1 aromatic carbocycles. The predicted octanol–water partition coefficient (Wildman–Crippen LogP) is 2.13. The van der Waals surface area contributed by atoms with Crippen molar-refractivity contribution < 1.29 is 4.79 Å². The molecule has 0 aromatic heterocycles. The smallest absolute Gasteiger partial charge is 0.230 e. The summed E-state index contributed by atoms with van der Waals surface area (Å²) >= 11 is 1.57. The number of hydrogen-bond donors (Lipinski definition) is 1. The molecule has 1 aliphatic heterocycles. The van der Waals surface area contributed by atoms with E-state index in [2.05, 4.69) is 47.6 Å². The average Bonchev–Trinajstić information content (AvgIpc) is 2.48. The highest BCUT2D eigenvalue weighted by Crippen LogP contribution is 2.34. The van der Waals surface area contributed by atoms with Crippen LogP contribution in [0.1, 0.15) is 18.4 Å². The van der Waals surface area contributed by atoms with Gasteiger partial charge in [-0.2, -0.15) is 11.8 Å². The highest BCUT2D eigenvalue weighted by Gasteiger charge is 2.35. The summed E-state index contributed by atoms with van der Waals surface area (Å²) in [6, 6.07) is 10.6. The first-order chi connectivity index (χ1) is 9.66. The van der Waals surface area contributed by atoms with Gasteiger partial charge in [0.05, 0.1) is 5.75 Å². The summed E-state index contributed by atoms with van der Waals surface area (Å²) in [4.78, 5) is 14.1. The fourth-order valence-corrected chi connectivity index (χ4v) is 3.22. The molecule has 1 saturated heterocycles. The van der Waals surface area contributed by atoms with Gasteiger partial charge in [-0.15, -0.1) is 0 Å². The summed E-state index contributed by atoms with van der Waals surface area (Å²) in [5, 5.41) is 3.13. The highest BCUT2D eigenvalue weighted by atomic mass is 32.2. The molecular formula is C16H24N2OS. The Labute approximate surface area is 126 Å². The van der Waals surface area contributed by atoms with Crippen LogP contribution >= 0.6 is 11.8 Å². The Hall–Kier alpha value is -1.00. The van der Waals surface area contributed by atoms with Gasteiger partial charge >= 0.3 is 0 Å². The van der Waals surface area contributed by atoms with Crippen molar-refractivity contribution in [1.82, 2.24) is 10.2 Å². The van der Waals surface area contributed by atoms with E-state index in [0.29, 0.717) is 5.75 Å². The second kappa shape index (κ2) is 7.14. The minimum Gasteiger partial charge on any atom is -0.354 e. The van der Waals surface area contributed by atoms with Crippen LogP contribution in [0.15, 0.2) is 30.3 Å². The minimum absolute atomic E-state index is 0.0990. The monoisotopic (exact) mass is 292 g/mol. The summed E-state index contributed by atoms with van der Waals surface area (Å²) in [7, 11) is 2.17. The van der Waals surface area contributed by atoms with Gasteiger partial charge < -0.3 is 10.2 Å². The number of likely N-dealkylation sites (tertiary alicyclic amines) is 1. The molecule has 1 aliphatic rings. The van der Waals surface area contributed by atoms with Gasteiger partial charge in [0, 0.05) is 12.0 Å². The van der Waals surface area contributed by atoms with Crippen LogP contribution in [0.25, 0.3) is 0 Å². The van der Waals surface area contributed by atoms with Crippen LogP contribution < -0.4 is 5.32 Å². The van der Waals surface area contributed by atoms with Crippen LogP contribution in [-0.4, -0.2) is 49.5 Å². The molecule has 0 unspecified atom stereocenters. The van der Waals surface area contributed by atoms with Crippen LogP contribution in [0, 0.1) is 0 Å². The maximum atomic E-state index is 11.8. The van der Waals surface area contributed by atoms with Gasteiger partial charge in [0.15, 0.2) is 0 Å². The molecule has 0 radical (unpaired) electrons. The molecule has 0 spiro atoms. The van der Waals surface area contributed by atoms with E-state index < -0.39 is 0 Å². The van der Waals surface area contributed by atoms with Gasteiger partial charge in [-0.25, -0.2) is 0 Å². The van der Waals surface area contributed by atoms with Gasteiger partial charge in [-0.1, -0.05) is 30.3 Å². The Morgan fingerprint density at radius 3 is 2.55 bits per heavy atom. The van der Waals surface area contributed by atoms with Crippen molar-refractivity contribution in [3.63, 3.8) is 0 Å². The van der Waals surface area contributed by atoms with Crippen LogP contribution in [0.4, 0.5) is 0 Å². The van der Waals surface area contributed by atoms with E-state index in [1.54, 1.807) is 11.8 Å². The quantitative estimate of drug-likeness (QED) is 0.902. The number of thioether (sulfide) groups is 1. The van der Waals surface area contributed by atoms with Crippen LogP contribution in [0.3, 0.4) is 0 Å². The van der Waals surface area contributed by atoms with E-state index >= 15 is 0 Å². The molecule has 1 N–H and O–H groups in total. The summed E-state index contributed by atoms with van der Waals surface area (Å²) in [6.45, 7) is 2.94. The molecule has 1 heterocycles. The van der Waals surface area contributed by atoms with Crippen molar-refractivity contribution in [2.24, 2.45) is 0 Å². The van der Waals surface area contributed by atoms with E-state index in [-0.39, 0.29) is 11.3 Å². The maximum Gasteiger partial charge on any atom is 0.230 e. The molecule has 3 nitrogen and oxygen atoms in total. The van der Waals surface area contributed by atoms with E-state index in [1.807, 2.05) is 6.26 Å².